The molecule has 3 nitrogen and oxygen atoms in total. The number of alkyl halides is 13. The third-order valence-corrected chi connectivity index (χ3v) is 6.42. The van der Waals surface area contributed by atoms with E-state index < -0.39 is 75.6 Å². The average Bonchev–Trinajstić information content (AvgIpc) is 2.47. The molecule has 0 aromatic rings. The van der Waals surface area contributed by atoms with Crippen LogP contribution >= 0.6 is 0 Å². The molecule has 32 heavy (non-hydrogen) atoms. The molecule has 0 unspecified atom stereocenters. The Morgan fingerprint density at radius 1 is 0.344 bits per heavy atom. The molecule has 4 saturated carbocycles. The molecule has 0 radical (unpaired) electrons. The summed E-state index contributed by atoms with van der Waals surface area (Å²) in [5.74, 6) is -49.0. The summed E-state index contributed by atoms with van der Waals surface area (Å²) >= 11 is 0. The maximum absolute atomic E-state index is 14.9. The first-order chi connectivity index (χ1) is 13.8. The Kier molecular flexibility index (Phi) is 3.85. The molecular formula is C13F16O3. The van der Waals surface area contributed by atoms with Crippen LogP contribution in [0.1, 0.15) is 0 Å². The molecule has 0 aromatic carbocycles. The van der Waals surface area contributed by atoms with Gasteiger partial charge in [0.2, 0.25) is 0 Å². The summed E-state index contributed by atoms with van der Waals surface area (Å²) < 4.78 is 230. The zero-order valence-electron chi connectivity index (χ0n) is 13.8. The lowest BCUT2D eigenvalue weighted by Gasteiger charge is -2.75. The highest BCUT2D eigenvalue weighted by molar-refractivity contribution is 5.96. The lowest BCUT2D eigenvalue weighted by atomic mass is 9.29. The molecule has 182 valence electrons. The third kappa shape index (κ3) is 1.31. The van der Waals surface area contributed by atoms with E-state index in [9.17, 15) is 84.6 Å². The smallest absolute Gasteiger partial charge is 0.260 e. The lowest BCUT2D eigenvalue weighted by Crippen LogP contribution is -3.07. The van der Waals surface area contributed by atoms with E-state index >= 15 is 0 Å². The van der Waals surface area contributed by atoms with Crippen molar-refractivity contribution in [3.05, 3.63) is 0 Å². The van der Waals surface area contributed by atoms with E-state index in [-0.39, 0.29) is 0 Å². The molecule has 4 aliphatic carbocycles. The van der Waals surface area contributed by atoms with Crippen LogP contribution in [0.3, 0.4) is 0 Å². The van der Waals surface area contributed by atoms with Gasteiger partial charge < -0.3 is 0 Å². The summed E-state index contributed by atoms with van der Waals surface area (Å²) in [6.07, 6.45) is 0. The third-order valence-electron chi connectivity index (χ3n) is 6.42. The summed E-state index contributed by atoms with van der Waals surface area (Å²) in [6, 6.07) is -15.6. The van der Waals surface area contributed by atoms with Crippen molar-refractivity contribution in [2.45, 2.75) is 41.2 Å². The minimum Gasteiger partial charge on any atom is -0.260 e. The van der Waals surface area contributed by atoms with Gasteiger partial charge in [-0.2, -0.15) is 13.2 Å². The molecule has 0 spiro atoms. The normalized spacial score (nSPS) is 45.4. The van der Waals surface area contributed by atoms with Gasteiger partial charge in [-0.1, -0.05) is 0 Å². The van der Waals surface area contributed by atoms with Gasteiger partial charge in [0, 0.05) is 0 Å². The highest BCUT2D eigenvalue weighted by atomic mass is 19.3. The summed E-state index contributed by atoms with van der Waals surface area (Å²) in [5.41, 5.74) is -31.6. The monoisotopic (exact) mass is 508 g/mol. The highest BCUT2D eigenvalue weighted by Gasteiger charge is 3.24. The number of rotatable bonds is 3. The molecule has 0 heterocycles. The van der Waals surface area contributed by atoms with Crippen LogP contribution in [0.5, 0.6) is 0 Å². The van der Waals surface area contributed by atoms with E-state index in [1.807, 2.05) is 0 Å². The quantitative estimate of drug-likeness (QED) is 0.428. The Balaban J connectivity index is 2.93. The van der Waals surface area contributed by atoms with E-state index in [4.69, 9.17) is 0 Å². The largest absolute Gasteiger partial charge is 0.326 e. The van der Waals surface area contributed by atoms with Crippen molar-refractivity contribution in [2.24, 2.45) is 16.2 Å². The van der Waals surface area contributed by atoms with Gasteiger partial charge in [0.15, 0.2) is 0 Å². The predicted molar refractivity (Wildman–Crippen MR) is 59.2 cm³/mol. The van der Waals surface area contributed by atoms with Gasteiger partial charge in [-0.3, -0.25) is 14.4 Å². The molecule has 0 aliphatic heterocycles. The molecule has 4 bridgehead atoms. The SMILES string of the molecule is O=C(F)C12C(F)(F)C3(F)C(F)(F)C(C(=O)F)(C1(F)F)C(F)(F)C(C(=O)F)(C3(F)F)C2(F)F. The standard InChI is InChI=1S/C13F16O3/c14-1(30)4-8(18,19)5(2(15)31)10(22,23)6(3(16)32,9(4,20)21)13(28,29)7(17,11(4,24)25)12(5,26)27. The summed E-state index contributed by atoms with van der Waals surface area (Å²) in [7, 11) is 0. The van der Waals surface area contributed by atoms with Crippen molar-refractivity contribution in [1.82, 2.24) is 0 Å². The molecule has 0 saturated heterocycles. The zero-order valence-corrected chi connectivity index (χ0v) is 13.8. The first kappa shape index (κ1) is 24.5. The molecule has 4 aliphatic rings. The van der Waals surface area contributed by atoms with Gasteiger partial charge in [0.25, 0.3) is 16.2 Å². The molecule has 0 amide bonds. The lowest BCUT2D eigenvalue weighted by molar-refractivity contribution is -0.595. The van der Waals surface area contributed by atoms with Gasteiger partial charge in [0.1, 0.15) is 0 Å². The Hall–Kier alpha value is -2.11. The van der Waals surface area contributed by atoms with Crippen LogP contribution in [0.25, 0.3) is 0 Å². The second-order valence-electron chi connectivity index (χ2n) is 7.18. The fourth-order valence-corrected chi connectivity index (χ4v) is 5.10. The Labute approximate surface area is 161 Å². The fourth-order valence-electron chi connectivity index (χ4n) is 5.10. The first-order valence-electron chi connectivity index (χ1n) is 7.39. The number of halogens is 16. The first-order valence-corrected chi connectivity index (χ1v) is 7.39. The van der Waals surface area contributed by atoms with Crippen molar-refractivity contribution >= 4 is 18.1 Å². The molecular weight excluding hydrogens is 508 g/mol. The molecule has 19 heteroatoms. The van der Waals surface area contributed by atoms with Crippen LogP contribution in [0.15, 0.2) is 0 Å². The van der Waals surface area contributed by atoms with Crippen LogP contribution in [0.2, 0.25) is 0 Å². The van der Waals surface area contributed by atoms with Gasteiger partial charge in [0.05, 0.1) is 0 Å². The van der Waals surface area contributed by atoms with E-state index in [1.165, 1.54) is 0 Å². The number of hydrogen-bond donors (Lipinski definition) is 0. The average molecular weight is 508 g/mol. The Morgan fingerprint density at radius 3 is 0.625 bits per heavy atom. The topological polar surface area (TPSA) is 51.2 Å². The molecule has 4 rings (SSSR count). The molecule has 0 N–H and O–H groups in total. The fraction of sp³-hybridized carbons (Fsp3) is 0.769. The van der Waals surface area contributed by atoms with Gasteiger partial charge >= 0.3 is 59.3 Å². The Morgan fingerprint density at radius 2 is 0.500 bits per heavy atom. The Bertz CT molecular complexity index is 840. The van der Waals surface area contributed by atoms with Crippen molar-refractivity contribution in [1.29, 1.82) is 0 Å². The van der Waals surface area contributed by atoms with Crippen LogP contribution < -0.4 is 0 Å². The van der Waals surface area contributed by atoms with Crippen molar-refractivity contribution in [3.8, 4) is 0 Å². The molecule has 0 atom stereocenters. The predicted octanol–water partition coefficient (Wildman–Crippen LogP) is 3.99. The van der Waals surface area contributed by atoms with E-state index in [1.54, 1.807) is 0 Å². The van der Waals surface area contributed by atoms with Gasteiger partial charge in [-0.15, -0.1) is 0 Å². The summed E-state index contributed by atoms with van der Waals surface area (Å²) in [4.78, 5) is 32.9. The summed E-state index contributed by atoms with van der Waals surface area (Å²) in [5, 5.41) is 0. The van der Waals surface area contributed by atoms with E-state index in [2.05, 4.69) is 0 Å². The number of carbonyl (C=O) groups excluding carboxylic acids is 3. The van der Waals surface area contributed by atoms with Crippen LogP contribution in [-0.2, 0) is 14.4 Å². The second-order valence-corrected chi connectivity index (χ2v) is 7.18. The maximum Gasteiger partial charge on any atom is 0.326 e. The van der Waals surface area contributed by atoms with Crippen molar-refractivity contribution < 1.29 is 84.6 Å². The molecule has 0 aromatic heterocycles. The summed E-state index contributed by atoms with van der Waals surface area (Å²) in [6.45, 7) is 0. The van der Waals surface area contributed by atoms with Crippen LogP contribution in [0, 0.1) is 16.2 Å². The highest BCUT2D eigenvalue weighted by Crippen LogP contribution is 2.94. The van der Waals surface area contributed by atoms with Crippen LogP contribution in [-0.4, -0.2) is 59.3 Å². The minimum absolute atomic E-state index is 5.21. The van der Waals surface area contributed by atoms with Gasteiger partial charge in [-0.25, -0.2) is 57.1 Å². The number of carbonyl (C=O) groups is 3. The van der Waals surface area contributed by atoms with E-state index in [0.29, 0.717) is 0 Å². The van der Waals surface area contributed by atoms with Crippen LogP contribution in [0.4, 0.5) is 70.2 Å². The number of hydrogen-bond acceptors (Lipinski definition) is 3. The maximum atomic E-state index is 14.9. The minimum atomic E-state index is -8.18. The second kappa shape index (κ2) is 5.02. The van der Waals surface area contributed by atoms with Gasteiger partial charge in [-0.05, 0) is 0 Å². The van der Waals surface area contributed by atoms with Crippen molar-refractivity contribution in [3.63, 3.8) is 0 Å². The van der Waals surface area contributed by atoms with E-state index in [0.717, 1.165) is 0 Å². The molecule has 4 fully saturated rings. The van der Waals surface area contributed by atoms with Crippen molar-refractivity contribution in [2.75, 3.05) is 0 Å². The zero-order chi connectivity index (χ0) is 25.7.